The third-order valence-electron chi connectivity index (χ3n) is 1.66. The molecule has 0 aromatic heterocycles. The van der Waals surface area contributed by atoms with E-state index < -0.39 is 10.1 Å². The number of carbonyl (C=O) groups is 1. The van der Waals surface area contributed by atoms with Crippen molar-refractivity contribution in [2.24, 2.45) is 5.90 Å². The van der Waals surface area contributed by atoms with E-state index >= 15 is 0 Å². The van der Waals surface area contributed by atoms with Crippen LogP contribution in [0.4, 0.5) is 0 Å². The quantitative estimate of drug-likeness (QED) is 0.585. The van der Waals surface area contributed by atoms with Crippen molar-refractivity contribution in [1.29, 1.82) is 0 Å². The van der Waals surface area contributed by atoms with Gasteiger partial charge in [0.05, 0.1) is 4.90 Å². The van der Waals surface area contributed by atoms with E-state index in [4.69, 9.17) is 0 Å². The second kappa shape index (κ2) is 3.87. The summed E-state index contributed by atoms with van der Waals surface area (Å²) in [5, 5.41) is 0. The van der Waals surface area contributed by atoms with Crippen molar-refractivity contribution in [3.63, 3.8) is 0 Å². The summed E-state index contributed by atoms with van der Waals surface area (Å²) in [6.07, 6.45) is 0. The molecule has 0 saturated carbocycles. The van der Waals surface area contributed by atoms with Crippen LogP contribution in [0, 0.1) is 0 Å². The molecule has 14 heavy (non-hydrogen) atoms. The number of nitrogens with two attached hydrogens (primary N) is 1. The number of hydrogen-bond donors (Lipinski definition) is 1. The second-order valence-electron chi connectivity index (χ2n) is 2.63. The van der Waals surface area contributed by atoms with Gasteiger partial charge in [-0.15, -0.1) is 0 Å². The summed E-state index contributed by atoms with van der Waals surface area (Å²) in [6, 6.07) is 5.47. The Hall–Kier alpha value is -1.24. The van der Waals surface area contributed by atoms with Gasteiger partial charge in [0.15, 0.2) is 5.78 Å². The third-order valence-corrected chi connectivity index (χ3v) is 2.74. The Morgan fingerprint density at radius 3 is 2.57 bits per heavy atom. The van der Waals surface area contributed by atoms with Gasteiger partial charge in [-0.25, -0.2) is 0 Å². The van der Waals surface area contributed by atoms with Crippen LogP contribution >= 0.6 is 0 Å². The fraction of sp³-hybridized carbons (Fsp3) is 0.125. The molecule has 0 radical (unpaired) electrons. The van der Waals surface area contributed by atoms with E-state index in [9.17, 15) is 13.2 Å². The fourth-order valence-corrected chi connectivity index (χ4v) is 1.55. The summed E-state index contributed by atoms with van der Waals surface area (Å²) in [4.78, 5) is 10.8. The van der Waals surface area contributed by atoms with Crippen LogP contribution in [-0.4, -0.2) is 14.2 Å². The van der Waals surface area contributed by atoms with E-state index in [0.717, 1.165) is 0 Å². The standard InChI is InChI=1S/C8H9NO4S/c1-6(10)7-3-2-4-8(5-7)14(11,12)13-9/h2-5H,9H2,1H3. The van der Waals surface area contributed by atoms with Gasteiger partial charge in [-0.2, -0.15) is 18.6 Å². The first-order valence-corrected chi connectivity index (χ1v) is 5.12. The van der Waals surface area contributed by atoms with Crippen molar-refractivity contribution in [3.05, 3.63) is 29.8 Å². The second-order valence-corrected chi connectivity index (χ2v) is 4.21. The van der Waals surface area contributed by atoms with E-state index in [0.29, 0.717) is 5.56 Å². The third kappa shape index (κ3) is 2.16. The molecular weight excluding hydrogens is 206 g/mol. The Labute approximate surface area is 81.6 Å². The Bertz CT molecular complexity index is 452. The van der Waals surface area contributed by atoms with Crippen LogP contribution in [0.15, 0.2) is 29.2 Å². The lowest BCUT2D eigenvalue weighted by molar-refractivity contribution is 0.101. The normalized spacial score (nSPS) is 11.3. The molecule has 2 N–H and O–H groups in total. The van der Waals surface area contributed by atoms with Crippen LogP contribution in [0.1, 0.15) is 17.3 Å². The maximum Gasteiger partial charge on any atom is 0.312 e. The van der Waals surface area contributed by atoms with Crippen molar-refractivity contribution in [1.82, 2.24) is 0 Å². The highest BCUT2D eigenvalue weighted by Gasteiger charge is 2.14. The molecule has 0 amide bonds. The zero-order valence-corrected chi connectivity index (χ0v) is 8.24. The molecule has 76 valence electrons. The van der Waals surface area contributed by atoms with Crippen molar-refractivity contribution in [2.45, 2.75) is 11.8 Å². The van der Waals surface area contributed by atoms with Crippen LogP contribution in [-0.2, 0) is 14.4 Å². The van der Waals surface area contributed by atoms with Gasteiger partial charge >= 0.3 is 10.1 Å². The van der Waals surface area contributed by atoms with E-state index in [1.807, 2.05) is 0 Å². The van der Waals surface area contributed by atoms with E-state index in [1.54, 1.807) is 0 Å². The molecule has 6 heteroatoms. The van der Waals surface area contributed by atoms with Gasteiger partial charge in [-0.3, -0.25) is 4.79 Å². The number of benzene rings is 1. The zero-order valence-electron chi connectivity index (χ0n) is 7.43. The minimum atomic E-state index is -3.93. The Morgan fingerprint density at radius 1 is 1.43 bits per heavy atom. The predicted octanol–water partition coefficient (Wildman–Crippen LogP) is 0.468. The van der Waals surface area contributed by atoms with Crippen LogP contribution < -0.4 is 5.90 Å². The van der Waals surface area contributed by atoms with Crippen molar-refractivity contribution in [3.8, 4) is 0 Å². The molecule has 0 aliphatic rings. The molecule has 0 aliphatic carbocycles. The first-order valence-electron chi connectivity index (χ1n) is 3.72. The van der Waals surface area contributed by atoms with E-state index in [2.05, 4.69) is 10.2 Å². The molecular formula is C8H9NO4S. The monoisotopic (exact) mass is 215 g/mol. The summed E-state index contributed by atoms with van der Waals surface area (Å²) in [7, 11) is -3.93. The minimum Gasteiger partial charge on any atom is -0.295 e. The van der Waals surface area contributed by atoms with Gasteiger partial charge < -0.3 is 0 Å². The fourth-order valence-electron chi connectivity index (χ4n) is 0.926. The summed E-state index contributed by atoms with van der Waals surface area (Å²) in [5.41, 5.74) is 0.295. The molecule has 5 nitrogen and oxygen atoms in total. The maximum atomic E-state index is 11.1. The first-order chi connectivity index (χ1) is 6.47. The first kappa shape index (κ1) is 10.8. The van der Waals surface area contributed by atoms with Crippen molar-refractivity contribution in [2.75, 3.05) is 0 Å². The number of ketones is 1. The van der Waals surface area contributed by atoms with E-state index in [1.165, 1.54) is 31.2 Å². The van der Waals surface area contributed by atoms with Crippen molar-refractivity contribution >= 4 is 15.9 Å². The van der Waals surface area contributed by atoms with Crippen LogP contribution in [0.25, 0.3) is 0 Å². The number of Topliss-reactive ketones (excluding diaryl/α,β-unsaturated/α-hetero) is 1. The molecule has 0 bridgehead atoms. The molecule has 0 spiro atoms. The largest absolute Gasteiger partial charge is 0.312 e. The molecule has 0 heterocycles. The lowest BCUT2D eigenvalue weighted by atomic mass is 10.2. The smallest absolute Gasteiger partial charge is 0.295 e. The van der Waals surface area contributed by atoms with Crippen LogP contribution in [0.2, 0.25) is 0 Å². The van der Waals surface area contributed by atoms with Gasteiger partial charge in [-0.1, -0.05) is 12.1 Å². The highest BCUT2D eigenvalue weighted by atomic mass is 32.2. The molecule has 1 aromatic carbocycles. The zero-order chi connectivity index (χ0) is 10.8. The topological polar surface area (TPSA) is 86.5 Å². The summed E-state index contributed by atoms with van der Waals surface area (Å²) in [6.45, 7) is 1.34. The van der Waals surface area contributed by atoms with Gasteiger partial charge in [0, 0.05) is 5.56 Å². The molecule has 0 aliphatic heterocycles. The van der Waals surface area contributed by atoms with Gasteiger partial charge in [0.25, 0.3) is 0 Å². The SMILES string of the molecule is CC(=O)c1cccc(S(=O)(=O)ON)c1. The summed E-state index contributed by atoms with van der Waals surface area (Å²) in [5.74, 6) is 4.37. The van der Waals surface area contributed by atoms with Gasteiger partial charge in [0.2, 0.25) is 0 Å². The molecule has 0 saturated heterocycles. The van der Waals surface area contributed by atoms with Crippen LogP contribution in [0.5, 0.6) is 0 Å². The lowest BCUT2D eigenvalue weighted by Crippen LogP contribution is -2.11. The maximum absolute atomic E-state index is 11.1. The Balaban J connectivity index is 3.26. The Morgan fingerprint density at radius 2 is 2.07 bits per heavy atom. The van der Waals surface area contributed by atoms with Crippen LogP contribution in [0.3, 0.4) is 0 Å². The average molecular weight is 215 g/mol. The molecule has 0 atom stereocenters. The van der Waals surface area contributed by atoms with Crippen molar-refractivity contribution < 1.29 is 17.5 Å². The predicted molar refractivity (Wildman–Crippen MR) is 48.9 cm³/mol. The number of rotatable bonds is 3. The lowest BCUT2D eigenvalue weighted by Gasteiger charge is -2.01. The highest BCUT2D eigenvalue weighted by Crippen LogP contribution is 2.13. The Kier molecular flexibility index (Phi) is 3.00. The minimum absolute atomic E-state index is 0.132. The molecule has 1 aromatic rings. The van der Waals surface area contributed by atoms with Gasteiger partial charge in [-0.05, 0) is 19.1 Å². The van der Waals surface area contributed by atoms with Gasteiger partial charge in [0.1, 0.15) is 0 Å². The number of carbonyl (C=O) groups excluding carboxylic acids is 1. The summed E-state index contributed by atoms with van der Waals surface area (Å²) >= 11 is 0. The number of hydrogen-bond acceptors (Lipinski definition) is 5. The molecule has 0 fully saturated rings. The average Bonchev–Trinajstić information content (AvgIpc) is 2.18. The highest BCUT2D eigenvalue weighted by molar-refractivity contribution is 7.86. The molecule has 0 unspecified atom stereocenters. The summed E-state index contributed by atoms with van der Waals surface area (Å²) < 4.78 is 26.1. The molecule has 1 rings (SSSR count). The van der Waals surface area contributed by atoms with E-state index in [-0.39, 0.29) is 10.7 Å².